The maximum atomic E-state index is 14.1. The molecule has 4 saturated carbocycles. The molecular weight excluding hydrogens is 611 g/mol. The monoisotopic (exact) mass is 647 g/mol. The zero-order chi connectivity index (χ0) is 32.5. The molecule has 16 heteroatoms. The van der Waals surface area contributed by atoms with Crippen LogP contribution in [0.3, 0.4) is 0 Å². The number of carbonyl (C=O) groups is 2. The molecule has 0 amide bonds. The number of anilines is 1. The maximum Gasteiger partial charge on any atom is 0.490 e. The summed E-state index contributed by atoms with van der Waals surface area (Å²) in [6.45, 7) is 2.70. The minimum absolute atomic E-state index is 0.0542. The highest BCUT2D eigenvalue weighted by molar-refractivity contribution is 5.85. The number of aromatic nitrogens is 5. The lowest BCUT2D eigenvalue weighted by Gasteiger charge is -2.56. The Kier molecular flexibility index (Phi) is 7.40. The molecule has 0 radical (unpaired) electrons. The van der Waals surface area contributed by atoms with Crippen molar-refractivity contribution in [1.82, 2.24) is 29.0 Å². The SMILES string of the molecule is Cn1c(=O)n(CC(=O)C23CC4CC(CC(C4)C2)C3)c(=O)c2c1nc(N1CCC3CNCC31)n2Cc1ncco1.O=C(O)C(F)(F)F. The third-order valence-corrected chi connectivity index (χ3v) is 10.9. The quantitative estimate of drug-likeness (QED) is 0.406. The predicted molar refractivity (Wildman–Crippen MR) is 156 cm³/mol. The molecule has 13 nitrogen and oxygen atoms in total. The number of hydrogen-bond acceptors (Lipinski definition) is 9. The lowest BCUT2D eigenvalue weighted by molar-refractivity contribution is -0.192. The molecule has 5 heterocycles. The second kappa shape index (κ2) is 11.1. The minimum Gasteiger partial charge on any atom is -0.475 e. The molecule has 3 aromatic heterocycles. The van der Waals surface area contributed by atoms with Crippen molar-refractivity contribution in [3.05, 3.63) is 39.2 Å². The number of halogens is 3. The summed E-state index contributed by atoms with van der Waals surface area (Å²) in [6, 6.07) is 0.280. The topological polar surface area (TPSA) is 157 Å². The summed E-state index contributed by atoms with van der Waals surface area (Å²) >= 11 is 0. The Morgan fingerprint density at radius 3 is 2.33 bits per heavy atom. The molecular formula is C30H36F3N7O6. The lowest BCUT2D eigenvalue weighted by Crippen LogP contribution is -2.52. The Morgan fingerprint density at radius 2 is 1.74 bits per heavy atom. The summed E-state index contributed by atoms with van der Waals surface area (Å²) in [6.07, 6.45) is 5.48. The van der Waals surface area contributed by atoms with Crippen LogP contribution in [0.25, 0.3) is 11.2 Å². The van der Waals surface area contributed by atoms with Gasteiger partial charge in [0.2, 0.25) is 11.8 Å². The summed E-state index contributed by atoms with van der Waals surface area (Å²) in [5.41, 5.74) is -0.675. The smallest absolute Gasteiger partial charge is 0.475 e. The van der Waals surface area contributed by atoms with Gasteiger partial charge in [-0.25, -0.2) is 14.6 Å². The summed E-state index contributed by atoms with van der Waals surface area (Å²) in [4.78, 5) is 62.0. The maximum absolute atomic E-state index is 14.1. The zero-order valence-corrected chi connectivity index (χ0v) is 25.3. The molecule has 46 heavy (non-hydrogen) atoms. The number of carboxylic acid groups (broad SMARTS) is 1. The number of fused-ring (bicyclic) bond motifs is 2. The lowest BCUT2D eigenvalue weighted by atomic mass is 9.48. The van der Waals surface area contributed by atoms with E-state index in [-0.39, 0.29) is 30.3 Å². The number of oxazole rings is 1. The molecule has 248 valence electrons. The number of Topliss-reactive ketones (excluding diaryl/α,β-unsaturated/α-hetero) is 1. The number of hydrogen-bond donors (Lipinski definition) is 2. The first kappa shape index (κ1) is 30.7. The number of nitrogens with zero attached hydrogens (tertiary/aromatic N) is 6. The Balaban J connectivity index is 0.000000437. The Hall–Kier alpha value is -3.95. The second-order valence-electron chi connectivity index (χ2n) is 13.7. The molecule has 2 atom stereocenters. The van der Waals surface area contributed by atoms with E-state index in [9.17, 15) is 27.6 Å². The number of ketones is 1. The van der Waals surface area contributed by atoms with Crippen LogP contribution in [-0.2, 0) is 29.7 Å². The summed E-state index contributed by atoms with van der Waals surface area (Å²) in [7, 11) is 1.64. The third kappa shape index (κ3) is 5.14. The number of carboxylic acids is 1. The van der Waals surface area contributed by atoms with Crippen molar-refractivity contribution in [2.75, 3.05) is 24.5 Å². The Morgan fingerprint density at radius 1 is 1.09 bits per heavy atom. The average Bonchev–Trinajstić information content (AvgIpc) is 3.79. The standard InChI is InChI=1S/C28H35N7O4.C2HF3O2/c1-32-24-23(34(15-22-30-3-5-39-22)26(31-24)33-4-2-19-12-29-13-20(19)33)25(37)35(27(32)38)14-21(36)28-9-16-6-17(10-28)8-18(7-16)11-28;3-2(4,5)1(6)7/h3,5,16-20,29H,2,4,6-15H2,1H3;(H,6,7). The molecule has 3 aromatic rings. The molecule has 4 aliphatic carbocycles. The summed E-state index contributed by atoms with van der Waals surface area (Å²) in [5.74, 6) is 0.769. The third-order valence-electron chi connectivity index (χ3n) is 10.9. The van der Waals surface area contributed by atoms with Crippen LogP contribution in [0.2, 0.25) is 0 Å². The molecule has 2 N–H and O–H groups in total. The number of rotatable bonds is 6. The van der Waals surface area contributed by atoms with Gasteiger partial charge in [0, 0.05) is 38.1 Å². The molecule has 6 fully saturated rings. The van der Waals surface area contributed by atoms with Gasteiger partial charge in [0.25, 0.3) is 5.56 Å². The van der Waals surface area contributed by atoms with E-state index in [0.717, 1.165) is 49.9 Å². The van der Waals surface area contributed by atoms with Gasteiger partial charge in [-0.2, -0.15) is 18.2 Å². The Labute approximate surface area is 260 Å². The highest BCUT2D eigenvalue weighted by Gasteiger charge is 2.54. The van der Waals surface area contributed by atoms with E-state index in [4.69, 9.17) is 19.3 Å². The van der Waals surface area contributed by atoms with Gasteiger partial charge in [0.1, 0.15) is 12.8 Å². The van der Waals surface area contributed by atoms with Gasteiger partial charge in [0.15, 0.2) is 16.9 Å². The first-order valence-electron chi connectivity index (χ1n) is 15.7. The zero-order valence-electron chi connectivity index (χ0n) is 25.3. The van der Waals surface area contributed by atoms with Crippen LogP contribution in [0.15, 0.2) is 26.5 Å². The van der Waals surface area contributed by atoms with E-state index >= 15 is 0 Å². The summed E-state index contributed by atoms with van der Waals surface area (Å²) in [5, 5.41) is 10.6. The van der Waals surface area contributed by atoms with Crippen LogP contribution in [-0.4, -0.2) is 72.4 Å². The van der Waals surface area contributed by atoms with Gasteiger partial charge in [-0.15, -0.1) is 0 Å². The van der Waals surface area contributed by atoms with Crippen LogP contribution >= 0.6 is 0 Å². The molecule has 2 saturated heterocycles. The highest BCUT2D eigenvalue weighted by atomic mass is 19.4. The number of imidazole rings is 1. The van der Waals surface area contributed by atoms with E-state index in [1.165, 1.54) is 30.1 Å². The van der Waals surface area contributed by atoms with Crippen molar-refractivity contribution in [2.24, 2.45) is 36.1 Å². The fourth-order valence-electron chi connectivity index (χ4n) is 9.20. The number of carbonyl (C=O) groups excluding carboxylic acids is 1. The van der Waals surface area contributed by atoms with Gasteiger partial charge in [-0.1, -0.05) is 0 Å². The fourth-order valence-corrected chi connectivity index (χ4v) is 9.20. The number of aliphatic carboxylic acids is 1. The highest BCUT2D eigenvalue weighted by Crippen LogP contribution is 2.60. The molecule has 4 bridgehead atoms. The van der Waals surface area contributed by atoms with Crippen LogP contribution < -0.4 is 21.5 Å². The first-order chi connectivity index (χ1) is 21.8. The van der Waals surface area contributed by atoms with Crippen molar-refractivity contribution in [2.45, 2.75) is 70.3 Å². The molecule has 2 aliphatic heterocycles. The van der Waals surface area contributed by atoms with Crippen molar-refractivity contribution >= 4 is 28.9 Å². The molecule has 0 aromatic carbocycles. The summed E-state index contributed by atoms with van der Waals surface area (Å²) < 4.78 is 41.7. The van der Waals surface area contributed by atoms with Gasteiger partial charge < -0.3 is 19.7 Å². The van der Waals surface area contributed by atoms with Crippen LogP contribution in [0.4, 0.5) is 19.1 Å². The van der Waals surface area contributed by atoms with Crippen LogP contribution in [0.5, 0.6) is 0 Å². The van der Waals surface area contributed by atoms with Crippen molar-refractivity contribution in [1.29, 1.82) is 0 Å². The first-order valence-corrected chi connectivity index (χ1v) is 15.7. The van der Waals surface area contributed by atoms with E-state index in [2.05, 4.69) is 15.2 Å². The average molecular weight is 648 g/mol. The molecule has 6 aliphatic rings. The van der Waals surface area contributed by atoms with Gasteiger partial charge in [-0.3, -0.25) is 23.3 Å². The second-order valence-corrected chi connectivity index (χ2v) is 13.7. The van der Waals surface area contributed by atoms with Crippen molar-refractivity contribution in [3.8, 4) is 0 Å². The Bertz CT molecular complexity index is 1760. The fraction of sp³-hybridized carbons (Fsp3) is 0.667. The van der Waals surface area contributed by atoms with Crippen LogP contribution in [0, 0.1) is 29.1 Å². The van der Waals surface area contributed by atoms with Crippen molar-refractivity contribution in [3.63, 3.8) is 0 Å². The predicted octanol–water partition coefficient (Wildman–Crippen LogP) is 2.15. The van der Waals surface area contributed by atoms with Gasteiger partial charge in [0.05, 0.1) is 12.7 Å². The van der Waals surface area contributed by atoms with Gasteiger partial charge in [-0.05, 0) is 68.6 Å². The molecule has 0 spiro atoms. The number of nitrogens with one attached hydrogen (secondary N) is 1. The number of alkyl halides is 3. The van der Waals surface area contributed by atoms with Gasteiger partial charge >= 0.3 is 17.8 Å². The van der Waals surface area contributed by atoms with E-state index in [1.54, 1.807) is 13.2 Å². The van der Waals surface area contributed by atoms with Crippen LogP contribution in [0.1, 0.15) is 50.8 Å². The molecule has 9 rings (SSSR count). The van der Waals surface area contributed by atoms with E-state index in [1.807, 2.05) is 4.57 Å². The molecule has 2 unspecified atom stereocenters. The van der Waals surface area contributed by atoms with E-state index in [0.29, 0.717) is 46.7 Å². The van der Waals surface area contributed by atoms with E-state index < -0.39 is 23.4 Å². The number of aryl methyl sites for hydroxylation is 1. The minimum atomic E-state index is -5.08. The normalized spacial score (nSPS) is 29.7. The van der Waals surface area contributed by atoms with Crippen molar-refractivity contribution < 1.29 is 32.3 Å². The largest absolute Gasteiger partial charge is 0.490 e.